The van der Waals surface area contributed by atoms with Gasteiger partial charge >= 0.3 is 0 Å². The highest BCUT2D eigenvalue weighted by atomic mass is 16.5. The van der Waals surface area contributed by atoms with Gasteiger partial charge in [-0.2, -0.15) is 5.26 Å². The summed E-state index contributed by atoms with van der Waals surface area (Å²) in [4.78, 5) is 14.1. The lowest BCUT2D eigenvalue weighted by Gasteiger charge is -2.35. The minimum atomic E-state index is -0.534. The van der Waals surface area contributed by atoms with Crippen molar-refractivity contribution in [2.75, 3.05) is 18.5 Å². The SMILES string of the molecule is CNC(=O)[C@@H]1CN(Cc2ccc(C#N)cc2)c2ccccc2O1. The minimum absolute atomic E-state index is 0.135. The van der Waals surface area contributed by atoms with Crippen LogP contribution in [0, 0.1) is 11.3 Å². The topological polar surface area (TPSA) is 65.4 Å². The van der Waals surface area contributed by atoms with Crippen LogP contribution in [0.2, 0.25) is 0 Å². The molecule has 23 heavy (non-hydrogen) atoms. The van der Waals surface area contributed by atoms with Crippen molar-refractivity contribution < 1.29 is 9.53 Å². The van der Waals surface area contributed by atoms with E-state index in [1.807, 2.05) is 36.4 Å². The van der Waals surface area contributed by atoms with Crippen molar-refractivity contribution in [1.82, 2.24) is 5.32 Å². The molecule has 116 valence electrons. The number of rotatable bonds is 3. The van der Waals surface area contributed by atoms with E-state index in [9.17, 15) is 4.79 Å². The van der Waals surface area contributed by atoms with Crippen molar-refractivity contribution in [1.29, 1.82) is 5.26 Å². The number of amides is 1. The van der Waals surface area contributed by atoms with Crippen LogP contribution in [0.15, 0.2) is 48.5 Å². The summed E-state index contributed by atoms with van der Waals surface area (Å²) >= 11 is 0. The zero-order chi connectivity index (χ0) is 16.2. The number of benzene rings is 2. The largest absolute Gasteiger partial charge is 0.477 e. The average molecular weight is 307 g/mol. The van der Waals surface area contributed by atoms with Crippen LogP contribution in [-0.2, 0) is 11.3 Å². The van der Waals surface area contributed by atoms with Crippen LogP contribution in [0.5, 0.6) is 5.75 Å². The maximum Gasteiger partial charge on any atom is 0.262 e. The summed E-state index contributed by atoms with van der Waals surface area (Å²) < 4.78 is 5.79. The van der Waals surface area contributed by atoms with Gasteiger partial charge in [0.15, 0.2) is 6.10 Å². The Morgan fingerprint density at radius 1 is 1.30 bits per heavy atom. The summed E-state index contributed by atoms with van der Waals surface area (Å²) in [6.07, 6.45) is -0.534. The van der Waals surface area contributed by atoms with Crippen molar-refractivity contribution in [3.63, 3.8) is 0 Å². The molecule has 2 aromatic carbocycles. The monoisotopic (exact) mass is 307 g/mol. The van der Waals surface area contributed by atoms with E-state index < -0.39 is 6.10 Å². The number of anilines is 1. The molecule has 5 heteroatoms. The van der Waals surface area contributed by atoms with Gasteiger partial charge in [-0.25, -0.2) is 0 Å². The molecule has 2 aromatic rings. The molecule has 1 atom stereocenters. The summed E-state index contributed by atoms with van der Waals surface area (Å²) in [5.41, 5.74) is 2.69. The molecular formula is C18H17N3O2. The fraction of sp³-hybridized carbons (Fsp3) is 0.222. The molecule has 5 nitrogen and oxygen atoms in total. The molecule has 0 spiro atoms. The molecule has 0 aliphatic carbocycles. The summed E-state index contributed by atoms with van der Waals surface area (Å²) in [7, 11) is 1.61. The second-order valence-corrected chi connectivity index (χ2v) is 5.38. The Bertz CT molecular complexity index is 750. The van der Waals surface area contributed by atoms with E-state index in [-0.39, 0.29) is 5.91 Å². The Hall–Kier alpha value is -3.00. The van der Waals surface area contributed by atoms with E-state index in [4.69, 9.17) is 10.00 Å². The zero-order valence-corrected chi connectivity index (χ0v) is 12.8. The predicted molar refractivity (Wildman–Crippen MR) is 87.1 cm³/mol. The lowest BCUT2D eigenvalue weighted by atomic mass is 10.1. The first-order chi connectivity index (χ1) is 11.2. The van der Waals surface area contributed by atoms with Gasteiger partial charge in [-0.3, -0.25) is 4.79 Å². The number of likely N-dealkylation sites (N-methyl/N-ethyl adjacent to an activating group) is 1. The number of hydrogen-bond acceptors (Lipinski definition) is 4. The third-order valence-corrected chi connectivity index (χ3v) is 3.86. The smallest absolute Gasteiger partial charge is 0.262 e. The summed E-state index contributed by atoms with van der Waals surface area (Å²) in [5, 5.41) is 11.5. The molecule has 1 aliphatic rings. The first-order valence-electron chi connectivity index (χ1n) is 7.42. The fourth-order valence-corrected chi connectivity index (χ4v) is 2.66. The summed E-state index contributed by atoms with van der Waals surface area (Å²) in [6, 6.07) is 17.3. The number of nitrogens with one attached hydrogen (secondary N) is 1. The van der Waals surface area contributed by atoms with Gasteiger partial charge in [-0.15, -0.1) is 0 Å². The van der Waals surface area contributed by atoms with Gasteiger partial charge in [0.1, 0.15) is 5.75 Å². The molecule has 1 amide bonds. The molecule has 1 aliphatic heterocycles. The van der Waals surface area contributed by atoms with Crippen LogP contribution < -0.4 is 15.0 Å². The van der Waals surface area contributed by atoms with Gasteiger partial charge in [0.2, 0.25) is 0 Å². The molecule has 1 N–H and O–H groups in total. The maximum atomic E-state index is 12.0. The standard InChI is InChI=1S/C18H17N3O2/c1-20-18(22)17-12-21(15-4-2-3-5-16(15)23-17)11-14-8-6-13(10-19)7-9-14/h2-9,17H,11-12H2,1H3,(H,20,22)/t17-/m0/s1. The maximum absolute atomic E-state index is 12.0. The number of nitriles is 1. The first kappa shape index (κ1) is 14.9. The molecule has 0 bridgehead atoms. The number of nitrogens with zero attached hydrogens (tertiary/aromatic N) is 2. The highest BCUT2D eigenvalue weighted by molar-refractivity contribution is 5.83. The number of fused-ring (bicyclic) bond motifs is 1. The number of para-hydroxylation sites is 2. The van der Waals surface area contributed by atoms with Crippen molar-refractivity contribution in [3.05, 3.63) is 59.7 Å². The minimum Gasteiger partial charge on any atom is -0.477 e. The molecule has 0 saturated heterocycles. The van der Waals surface area contributed by atoms with Gasteiger partial charge < -0.3 is 15.0 Å². The highest BCUT2D eigenvalue weighted by Gasteiger charge is 2.29. The van der Waals surface area contributed by atoms with Crippen LogP contribution in [-0.4, -0.2) is 25.6 Å². The van der Waals surface area contributed by atoms with Crippen LogP contribution in [0.3, 0.4) is 0 Å². The molecule has 0 radical (unpaired) electrons. The Labute approximate surface area is 135 Å². The second-order valence-electron chi connectivity index (χ2n) is 5.38. The van der Waals surface area contributed by atoms with Crippen molar-refractivity contribution in [2.24, 2.45) is 0 Å². The number of carbonyl (C=O) groups is 1. The zero-order valence-electron chi connectivity index (χ0n) is 12.8. The third kappa shape index (κ3) is 3.11. The van der Waals surface area contributed by atoms with E-state index in [0.717, 1.165) is 11.3 Å². The predicted octanol–water partition coefficient (Wildman–Crippen LogP) is 2.07. The average Bonchev–Trinajstić information content (AvgIpc) is 2.61. The Morgan fingerprint density at radius 2 is 2.04 bits per heavy atom. The summed E-state index contributed by atoms with van der Waals surface area (Å²) in [6.45, 7) is 1.14. The number of hydrogen-bond donors (Lipinski definition) is 1. The summed E-state index contributed by atoms with van der Waals surface area (Å²) in [5.74, 6) is 0.574. The fourth-order valence-electron chi connectivity index (χ4n) is 2.66. The van der Waals surface area contributed by atoms with Crippen LogP contribution in [0.4, 0.5) is 5.69 Å². The third-order valence-electron chi connectivity index (χ3n) is 3.86. The van der Waals surface area contributed by atoms with Crippen LogP contribution in [0.25, 0.3) is 0 Å². The Kier molecular flexibility index (Phi) is 4.15. The van der Waals surface area contributed by atoms with Gasteiger partial charge in [-0.05, 0) is 29.8 Å². The molecule has 3 rings (SSSR count). The van der Waals surface area contributed by atoms with Gasteiger partial charge in [0.05, 0.1) is 23.9 Å². The lowest BCUT2D eigenvalue weighted by Crippen LogP contribution is -2.47. The van der Waals surface area contributed by atoms with Gasteiger partial charge in [0.25, 0.3) is 5.91 Å². The van der Waals surface area contributed by atoms with E-state index in [0.29, 0.717) is 24.4 Å². The molecule has 0 unspecified atom stereocenters. The van der Waals surface area contributed by atoms with Crippen molar-refractivity contribution in [3.8, 4) is 11.8 Å². The van der Waals surface area contributed by atoms with Crippen molar-refractivity contribution in [2.45, 2.75) is 12.6 Å². The molecule has 0 fully saturated rings. The first-order valence-corrected chi connectivity index (χ1v) is 7.42. The van der Waals surface area contributed by atoms with E-state index in [1.165, 1.54) is 0 Å². The van der Waals surface area contributed by atoms with E-state index >= 15 is 0 Å². The molecule has 0 saturated carbocycles. The van der Waals surface area contributed by atoms with E-state index in [1.54, 1.807) is 19.2 Å². The lowest BCUT2D eigenvalue weighted by molar-refractivity contribution is -0.127. The van der Waals surface area contributed by atoms with Crippen LogP contribution in [0.1, 0.15) is 11.1 Å². The number of ether oxygens (including phenoxy) is 1. The Morgan fingerprint density at radius 3 is 2.74 bits per heavy atom. The van der Waals surface area contributed by atoms with Gasteiger partial charge in [-0.1, -0.05) is 24.3 Å². The molecule has 0 aromatic heterocycles. The second kappa shape index (κ2) is 6.41. The van der Waals surface area contributed by atoms with Crippen molar-refractivity contribution >= 4 is 11.6 Å². The van der Waals surface area contributed by atoms with Gasteiger partial charge in [0, 0.05) is 13.6 Å². The Balaban J connectivity index is 1.87. The van der Waals surface area contributed by atoms with Crippen LogP contribution >= 0.6 is 0 Å². The molecule has 1 heterocycles. The van der Waals surface area contributed by atoms with E-state index in [2.05, 4.69) is 16.3 Å². The normalized spacial score (nSPS) is 16.0. The highest BCUT2D eigenvalue weighted by Crippen LogP contribution is 2.34. The quantitative estimate of drug-likeness (QED) is 0.943. The molecular weight excluding hydrogens is 290 g/mol. The number of carbonyl (C=O) groups excluding carboxylic acids is 1.